The van der Waals surface area contributed by atoms with Gasteiger partial charge in [-0.2, -0.15) is 0 Å². The monoisotopic (exact) mass is 576 g/mol. The van der Waals surface area contributed by atoms with Crippen LogP contribution in [0.5, 0.6) is 11.5 Å². The fourth-order valence-electron chi connectivity index (χ4n) is 4.01. The van der Waals surface area contributed by atoms with Crippen molar-refractivity contribution < 1.29 is 28.2 Å². The quantitative estimate of drug-likeness (QED) is 0.398. The second-order valence-electron chi connectivity index (χ2n) is 8.50. The summed E-state index contributed by atoms with van der Waals surface area (Å²) >= 11 is 4.30. The zero-order valence-corrected chi connectivity index (χ0v) is 22.2. The fourth-order valence-corrected chi connectivity index (χ4v) is 5.27. The van der Waals surface area contributed by atoms with Crippen LogP contribution in [0, 0.1) is 5.82 Å². The molecule has 4 rings (SSSR count). The molecule has 10 heteroatoms. The van der Waals surface area contributed by atoms with Gasteiger partial charge in [0, 0.05) is 17.6 Å². The minimum absolute atomic E-state index is 0.203. The van der Waals surface area contributed by atoms with Gasteiger partial charge >= 0.3 is 0 Å². The molecule has 2 aliphatic heterocycles. The van der Waals surface area contributed by atoms with E-state index in [4.69, 9.17) is 9.47 Å². The van der Waals surface area contributed by atoms with E-state index in [9.17, 15) is 18.8 Å². The standard InChI is InChI=1S/C26H26BrFN2O5S/c1-34-21-12-18(20(27)14-22(21)35-16-17-6-8-19(28)9-7-17)13-23-25(32)30(26(33)36-23)15-24(31)29-10-4-2-3-5-11-29/h6-9,12-14H,2-5,10-11,15-16H2,1H3. The van der Waals surface area contributed by atoms with E-state index in [-0.39, 0.29) is 29.8 Å². The Morgan fingerprint density at radius 2 is 1.78 bits per heavy atom. The van der Waals surface area contributed by atoms with E-state index >= 15 is 0 Å². The molecule has 2 fully saturated rings. The Morgan fingerprint density at radius 3 is 2.44 bits per heavy atom. The smallest absolute Gasteiger partial charge is 0.294 e. The first-order valence-corrected chi connectivity index (χ1v) is 13.2. The average Bonchev–Trinajstić information content (AvgIpc) is 3.05. The van der Waals surface area contributed by atoms with Crippen LogP contribution in [0.15, 0.2) is 45.8 Å². The number of halogens is 2. The summed E-state index contributed by atoms with van der Waals surface area (Å²) in [5.74, 6) is -0.120. The second kappa shape index (κ2) is 11.9. The number of rotatable bonds is 7. The molecule has 0 aliphatic carbocycles. The highest BCUT2D eigenvalue weighted by Gasteiger charge is 2.37. The topological polar surface area (TPSA) is 76.2 Å². The SMILES string of the molecule is COc1cc(C=C2SC(=O)N(CC(=O)N3CCCCCC3)C2=O)c(Br)cc1OCc1ccc(F)cc1. The largest absolute Gasteiger partial charge is 0.493 e. The van der Waals surface area contributed by atoms with Crippen LogP contribution in [0.2, 0.25) is 0 Å². The predicted octanol–water partition coefficient (Wildman–Crippen LogP) is 5.61. The number of ether oxygens (including phenoxy) is 2. The minimum Gasteiger partial charge on any atom is -0.493 e. The summed E-state index contributed by atoms with van der Waals surface area (Å²) in [6.07, 6.45) is 5.64. The Labute approximate surface area is 221 Å². The Hall–Kier alpha value is -2.85. The summed E-state index contributed by atoms with van der Waals surface area (Å²) in [4.78, 5) is 41.2. The van der Waals surface area contributed by atoms with Gasteiger partial charge in [0.25, 0.3) is 11.1 Å². The van der Waals surface area contributed by atoms with E-state index in [0.29, 0.717) is 34.6 Å². The van der Waals surface area contributed by atoms with Gasteiger partial charge in [-0.1, -0.05) is 40.9 Å². The summed E-state index contributed by atoms with van der Waals surface area (Å²) in [6, 6.07) is 9.41. The molecule has 3 amide bonds. The molecule has 2 aliphatic rings. The van der Waals surface area contributed by atoms with Crippen LogP contribution in [0.1, 0.15) is 36.8 Å². The van der Waals surface area contributed by atoms with Crippen molar-refractivity contribution in [1.29, 1.82) is 0 Å². The zero-order chi connectivity index (χ0) is 25.7. The lowest BCUT2D eigenvalue weighted by atomic mass is 10.1. The molecule has 2 aromatic carbocycles. The molecule has 2 aromatic rings. The number of methoxy groups -OCH3 is 1. The highest BCUT2D eigenvalue weighted by molar-refractivity contribution is 9.10. The molecule has 2 saturated heterocycles. The van der Waals surface area contributed by atoms with Crippen LogP contribution in [-0.4, -0.2) is 53.6 Å². The van der Waals surface area contributed by atoms with Crippen LogP contribution in [0.25, 0.3) is 6.08 Å². The van der Waals surface area contributed by atoms with Crippen molar-refractivity contribution in [2.45, 2.75) is 32.3 Å². The maximum Gasteiger partial charge on any atom is 0.294 e. The lowest BCUT2D eigenvalue weighted by Gasteiger charge is -2.22. The molecule has 36 heavy (non-hydrogen) atoms. The van der Waals surface area contributed by atoms with E-state index in [0.717, 1.165) is 47.9 Å². The lowest BCUT2D eigenvalue weighted by Crippen LogP contribution is -2.42. The van der Waals surface area contributed by atoms with Crippen LogP contribution in [-0.2, 0) is 16.2 Å². The van der Waals surface area contributed by atoms with Crippen molar-refractivity contribution in [2.24, 2.45) is 0 Å². The van der Waals surface area contributed by atoms with Crippen molar-refractivity contribution in [3.8, 4) is 11.5 Å². The lowest BCUT2D eigenvalue weighted by molar-refractivity contribution is -0.135. The Balaban J connectivity index is 1.47. The van der Waals surface area contributed by atoms with Gasteiger partial charge in [-0.15, -0.1) is 0 Å². The third kappa shape index (κ3) is 6.28. The van der Waals surface area contributed by atoms with Gasteiger partial charge in [-0.3, -0.25) is 19.3 Å². The Bertz CT molecular complexity index is 1180. The number of carbonyl (C=O) groups is 3. The summed E-state index contributed by atoms with van der Waals surface area (Å²) in [5, 5.41) is -0.461. The first-order chi connectivity index (χ1) is 17.4. The Kier molecular flexibility index (Phi) is 8.68. The minimum atomic E-state index is -0.490. The molecular weight excluding hydrogens is 551 g/mol. The molecule has 0 N–H and O–H groups in total. The first kappa shape index (κ1) is 26.2. The van der Waals surface area contributed by atoms with E-state index < -0.39 is 11.1 Å². The molecule has 0 aromatic heterocycles. The number of carbonyl (C=O) groups excluding carboxylic acids is 3. The average molecular weight is 577 g/mol. The third-order valence-electron chi connectivity index (χ3n) is 6.00. The molecule has 0 radical (unpaired) electrons. The summed E-state index contributed by atoms with van der Waals surface area (Å²) < 4.78 is 25.1. The molecule has 2 heterocycles. The number of benzene rings is 2. The van der Waals surface area contributed by atoms with Crippen molar-refractivity contribution in [3.63, 3.8) is 0 Å². The van der Waals surface area contributed by atoms with Crippen LogP contribution in [0.3, 0.4) is 0 Å². The molecule has 0 bridgehead atoms. The molecule has 7 nitrogen and oxygen atoms in total. The summed E-state index contributed by atoms with van der Waals surface area (Å²) in [7, 11) is 1.50. The molecule has 190 valence electrons. The summed E-state index contributed by atoms with van der Waals surface area (Å²) in [6.45, 7) is 1.29. The van der Waals surface area contributed by atoms with Gasteiger partial charge in [-0.25, -0.2) is 4.39 Å². The van der Waals surface area contributed by atoms with Crippen LogP contribution < -0.4 is 9.47 Å². The number of thioether (sulfide) groups is 1. The molecule has 0 atom stereocenters. The van der Waals surface area contributed by atoms with E-state index in [1.807, 2.05) is 0 Å². The van der Waals surface area contributed by atoms with Crippen molar-refractivity contribution in [1.82, 2.24) is 9.80 Å². The normalized spacial score (nSPS) is 17.5. The molecular formula is C26H26BrFN2O5S. The van der Waals surface area contributed by atoms with Crippen LogP contribution >= 0.6 is 27.7 Å². The molecule has 0 unspecified atom stereocenters. The van der Waals surface area contributed by atoms with Crippen molar-refractivity contribution in [3.05, 3.63) is 62.7 Å². The molecule has 0 saturated carbocycles. The number of likely N-dealkylation sites (tertiary alicyclic amines) is 1. The maximum absolute atomic E-state index is 13.1. The second-order valence-corrected chi connectivity index (χ2v) is 10.4. The van der Waals surface area contributed by atoms with Gasteiger partial charge in [0.05, 0.1) is 12.0 Å². The molecule has 0 spiro atoms. The van der Waals surface area contributed by atoms with Crippen LogP contribution in [0.4, 0.5) is 9.18 Å². The predicted molar refractivity (Wildman–Crippen MR) is 139 cm³/mol. The highest BCUT2D eigenvalue weighted by Crippen LogP contribution is 2.38. The van der Waals surface area contributed by atoms with Gasteiger partial charge in [0.1, 0.15) is 19.0 Å². The maximum atomic E-state index is 13.1. The number of hydrogen-bond donors (Lipinski definition) is 0. The first-order valence-electron chi connectivity index (χ1n) is 11.6. The fraction of sp³-hybridized carbons (Fsp3) is 0.346. The Morgan fingerprint density at radius 1 is 1.08 bits per heavy atom. The summed E-state index contributed by atoms with van der Waals surface area (Å²) in [5.41, 5.74) is 1.41. The van der Waals surface area contributed by atoms with E-state index in [1.54, 1.807) is 35.2 Å². The number of imide groups is 1. The number of nitrogens with zero attached hydrogens (tertiary/aromatic N) is 2. The zero-order valence-electron chi connectivity index (χ0n) is 19.8. The number of amides is 3. The third-order valence-corrected chi connectivity index (χ3v) is 7.60. The van der Waals surface area contributed by atoms with E-state index in [2.05, 4.69) is 15.9 Å². The van der Waals surface area contributed by atoms with Gasteiger partial charge in [0.15, 0.2) is 11.5 Å². The highest BCUT2D eigenvalue weighted by atomic mass is 79.9. The van der Waals surface area contributed by atoms with Gasteiger partial charge < -0.3 is 14.4 Å². The van der Waals surface area contributed by atoms with E-state index in [1.165, 1.54) is 19.2 Å². The van der Waals surface area contributed by atoms with Crippen molar-refractivity contribution >= 4 is 50.8 Å². The van der Waals surface area contributed by atoms with Gasteiger partial charge in [-0.05, 0) is 66.1 Å². The van der Waals surface area contributed by atoms with Crippen molar-refractivity contribution in [2.75, 3.05) is 26.7 Å². The number of hydrogen-bond acceptors (Lipinski definition) is 6. The van der Waals surface area contributed by atoms with Gasteiger partial charge in [0.2, 0.25) is 5.91 Å².